The van der Waals surface area contributed by atoms with E-state index in [1.165, 1.54) is 0 Å². The number of carbonyl (C=O) groups is 1. The van der Waals surface area contributed by atoms with E-state index < -0.39 is 0 Å². The maximum absolute atomic E-state index is 13.1. The monoisotopic (exact) mass is 380 g/mol. The number of aliphatic hydroxyl groups is 1. The van der Waals surface area contributed by atoms with Gasteiger partial charge < -0.3 is 20.0 Å². The number of hydrogen-bond donors (Lipinski definition) is 2. The number of carbonyl (C=O) groups excluding carboxylic acids is 1. The molecule has 2 heterocycles. The Morgan fingerprint density at radius 2 is 1.64 bits per heavy atom. The van der Waals surface area contributed by atoms with Crippen LogP contribution in [0.3, 0.4) is 0 Å². The third kappa shape index (κ3) is 3.64. The maximum Gasteiger partial charge on any atom is 0.253 e. The molecule has 1 amide bonds. The lowest BCUT2D eigenvalue weighted by molar-refractivity contribution is -0.0731. The van der Waals surface area contributed by atoms with Crippen molar-refractivity contribution in [3.8, 4) is 16.9 Å². The third-order valence-corrected chi connectivity index (χ3v) is 6.30. The van der Waals surface area contributed by atoms with Crippen molar-refractivity contribution in [3.05, 3.63) is 54.1 Å². The van der Waals surface area contributed by atoms with Crippen molar-refractivity contribution in [1.29, 1.82) is 0 Å². The van der Waals surface area contributed by atoms with Crippen LogP contribution in [0, 0.1) is 5.41 Å². The van der Waals surface area contributed by atoms with Crippen molar-refractivity contribution in [2.75, 3.05) is 33.2 Å². The average Bonchev–Trinajstić information content (AvgIpc) is 2.71. The highest BCUT2D eigenvalue weighted by Gasteiger charge is 2.45. The van der Waals surface area contributed by atoms with Gasteiger partial charge in [-0.3, -0.25) is 4.79 Å². The van der Waals surface area contributed by atoms with Gasteiger partial charge in [-0.2, -0.15) is 0 Å². The number of aliphatic hydroxyl groups excluding tert-OH is 1. The Labute approximate surface area is 166 Å². The molecule has 2 N–H and O–H groups in total. The van der Waals surface area contributed by atoms with E-state index in [4.69, 9.17) is 0 Å². The van der Waals surface area contributed by atoms with Crippen molar-refractivity contribution in [2.45, 2.75) is 25.4 Å². The zero-order valence-corrected chi connectivity index (χ0v) is 16.3. The number of benzene rings is 2. The van der Waals surface area contributed by atoms with E-state index in [1.807, 2.05) is 41.3 Å². The molecule has 0 aromatic heterocycles. The summed E-state index contributed by atoms with van der Waals surface area (Å²) in [6.07, 6.45) is 2.35. The standard InChI is InChI=1S/C23H28N2O3/c1-24-14-11-21(27)23(15-24)12-2-13-25(16-23)22(28)19-5-3-17(4-6-19)18-7-9-20(26)10-8-18/h3-10,21,26-27H,2,11-16H2,1H3/t21-,23-/m0/s1. The van der Waals surface area contributed by atoms with E-state index in [0.29, 0.717) is 12.1 Å². The van der Waals surface area contributed by atoms with Gasteiger partial charge in [0.1, 0.15) is 5.75 Å². The topological polar surface area (TPSA) is 64.0 Å². The molecule has 0 bridgehead atoms. The van der Waals surface area contributed by atoms with E-state index in [2.05, 4.69) is 11.9 Å². The molecule has 0 saturated carbocycles. The smallest absolute Gasteiger partial charge is 0.253 e. The fourth-order valence-corrected chi connectivity index (χ4v) is 4.75. The van der Waals surface area contributed by atoms with E-state index in [1.54, 1.807) is 12.1 Å². The number of rotatable bonds is 2. The van der Waals surface area contributed by atoms with Crippen LogP contribution in [0.5, 0.6) is 5.75 Å². The van der Waals surface area contributed by atoms with Gasteiger partial charge in [0, 0.05) is 37.2 Å². The van der Waals surface area contributed by atoms with Crippen molar-refractivity contribution in [1.82, 2.24) is 9.80 Å². The predicted molar refractivity (Wildman–Crippen MR) is 109 cm³/mol. The Hall–Kier alpha value is -2.37. The third-order valence-electron chi connectivity index (χ3n) is 6.30. The summed E-state index contributed by atoms with van der Waals surface area (Å²) in [6, 6.07) is 14.7. The molecule has 5 heteroatoms. The van der Waals surface area contributed by atoms with Gasteiger partial charge in [-0.25, -0.2) is 0 Å². The van der Waals surface area contributed by atoms with Gasteiger partial charge in [-0.1, -0.05) is 24.3 Å². The van der Waals surface area contributed by atoms with Crippen molar-refractivity contribution < 1.29 is 15.0 Å². The molecule has 28 heavy (non-hydrogen) atoms. The fraction of sp³-hybridized carbons (Fsp3) is 0.435. The first-order valence-electron chi connectivity index (χ1n) is 10.0. The molecule has 5 nitrogen and oxygen atoms in total. The van der Waals surface area contributed by atoms with Crippen LogP contribution in [0.15, 0.2) is 48.5 Å². The number of hydrogen-bond acceptors (Lipinski definition) is 4. The molecule has 2 atom stereocenters. The number of piperidine rings is 2. The molecule has 2 fully saturated rings. The van der Waals surface area contributed by atoms with Gasteiger partial charge in [-0.15, -0.1) is 0 Å². The quantitative estimate of drug-likeness (QED) is 0.841. The minimum Gasteiger partial charge on any atom is -0.508 e. The van der Waals surface area contributed by atoms with Crippen molar-refractivity contribution in [2.24, 2.45) is 5.41 Å². The molecule has 2 aromatic rings. The molecule has 0 aliphatic carbocycles. The van der Waals surface area contributed by atoms with Crippen LogP contribution in [-0.4, -0.2) is 65.3 Å². The summed E-state index contributed by atoms with van der Waals surface area (Å²) < 4.78 is 0. The number of amides is 1. The van der Waals surface area contributed by atoms with E-state index in [-0.39, 0.29) is 23.2 Å². The normalized spacial score (nSPS) is 25.8. The Kier molecular flexibility index (Phi) is 5.13. The number of aromatic hydroxyl groups is 1. The average molecular weight is 380 g/mol. The zero-order valence-electron chi connectivity index (χ0n) is 16.3. The molecular formula is C23H28N2O3. The molecule has 2 aliphatic heterocycles. The lowest BCUT2D eigenvalue weighted by atomic mass is 9.71. The molecule has 0 unspecified atom stereocenters. The van der Waals surface area contributed by atoms with Gasteiger partial charge in [0.15, 0.2) is 0 Å². The minimum atomic E-state index is -0.337. The molecule has 2 aromatic carbocycles. The van der Waals surface area contributed by atoms with Crippen LogP contribution in [0.1, 0.15) is 29.6 Å². The molecule has 1 spiro atoms. The first kappa shape index (κ1) is 19.0. The summed E-state index contributed by atoms with van der Waals surface area (Å²) in [6.45, 7) is 3.13. The van der Waals surface area contributed by atoms with Gasteiger partial charge >= 0.3 is 0 Å². The molecule has 0 radical (unpaired) electrons. The van der Waals surface area contributed by atoms with Gasteiger partial charge in [-0.05, 0) is 61.7 Å². The summed E-state index contributed by atoms with van der Waals surface area (Å²) in [5.74, 6) is 0.280. The van der Waals surface area contributed by atoms with E-state index >= 15 is 0 Å². The van der Waals surface area contributed by atoms with E-state index in [9.17, 15) is 15.0 Å². The first-order chi connectivity index (χ1) is 13.5. The van der Waals surface area contributed by atoms with Crippen LogP contribution in [-0.2, 0) is 0 Å². The van der Waals surface area contributed by atoms with Crippen molar-refractivity contribution >= 4 is 5.91 Å². The van der Waals surface area contributed by atoms with E-state index in [0.717, 1.165) is 50.0 Å². The van der Waals surface area contributed by atoms with Gasteiger partial charge in [0.05, 0.1) is 6.10 Å². The van der Waals surface area contributed by atoms with Crippen LogP contribution in [0.4, 0.5) is 0 Å². The largest absolute Gasteiger partial charge is 0.508 e. The van der Waals surface area contributed by atoms with Crippen LogP contribution in [0.2, 0.25) is 0 Å². The highest BCUT2D eigenvalue weighted by atomic mass is 16.3. The summed E-state index contributed by atoms with van der Waals surface area (Å²) >= 11 is 0. The van der Waals surface area contributed by atoms with Gasteiger partial charge in [0.2, 0.25) is 0 Å². The highest BCUT2D eigenvalue weighted by molar-refractivity contribution is 5.94. The molecule has 4 rings (SSSR count). The minimum absolute atomic E-state index is 0.0387. The number of phenols is 1. The number of likely N-dealkylation sites (tertiary alicyclic amines) is 2. The van der Waals surface area contributed by atoms with Gasteiger partial charge in [0.25, 0.3) is 5.91 Å². The number of nitrogens with zero attached hydrogens (tertiary/aromatic N) is 2. The van der Waals surface area contributed by atoms with Crippen LogP contribution in [0.25, 0.3) is 11.1 Å². The Morgan fingerprint density at radius 1 is 1.00 bits per heavy atom. The molecular weight excluding hydrogens is 352 g/mol. The fourth-order valence-electron chi connectivity index (χ4n) is 4.75. The second kappa shape index (κ2) is 7.57. The van der Waals surface area contributed by atoms with Crippen LogP contribution < -0.4 is 0 Å². The Balaban J connectivity index is 1.50. The summed E-state index contributed by atoms with van der Waals surface area (Å²) in [5.41, 5.74) is 2.49. The molecule has 148 valence electrons. The van der Waals surface area contributed by atoms with Crippen molar-refractivity contribution in [3.63, 3.8) is 0 Å². The second-order valence-corrected chi connectivity index (χ2v) is 8.36. The predicted octanol–water partition coefficient (Wildman–Crippen LogP) is 2.98. The van der Waals surface area contributed by atoms with Crippen LogP contribution >= 0.6 is 0 Å². The Bertz CT molecular complexity index is 834. The summed E-state index contributed by atoms with van der Waals surface area (Å²) in [7, 11) is 2.09. The number of phenolic OH excluding ortho intramolecular Hbond substituents is 1. The lowest BCUT2D eigenvalue weighted by Crippen LogP contribution is -2.59. The summed E-state index contributed by atoms with van der Waals surface area (Å²) in [4.78, 5) is 17.3. The molecule has 2 aliphatic rings. The maximum atomic E-state index is 13.1. The summed E-state index contributed by atoms with van der Waals surface area (Å²) in [5, 5.41) is 20.1. The highest BCUT2D eigenvalue weighted by Crippen LogP contribution is 2.38. The second-order valence-electron chi connectivity index (χ2n) is 8.36. The lowest BCUT2D eigenvalue weighted by Gasteiger charge is -2.50. The first-order valence-corrected chi connectivity index (χ1v) is 10.0. The SMILES string of the molecule is CN1CC[C@H](O)[C@@]2(CCCN(C(=O)c3ccc(-c4ccc(O)cc4)cc3)C2)C1. The zero-order chi connectivity index (χ0) is 19.7. The molecule has 2 saturated heterocycles. The Morgan fingerprint density at radius 3 is 2.32 bits per heavy atom.